The molecule has 0 bridgehead atoms. The van der Waals surface area contributed by atoms with Crippen molar-refractivity contribution in [1.82, 2.24) is 4.90 Å². The van der Waals surface area contributed by atoms with Crippen LogP contribution < -0.4 is 5.32 Å². The normalized spacial score (nSPS) is 10.3. The van der Waals surface area contributed by atoms with Crippen LogP contribution in [0.2, 0.25) is 0 Å². The van der Waals surface area contributed by atoms with Crippen molar-refractivity contribution >= 4 is 17.5 Å². The number of benzene rings is 2. The number of carbonyl (C=O) groups excluding carboxylic acids is 2. The van der Waals surface area contributed by atoms with E-state index in [0.29, 0.717) is 24.2 Å². The van der Waals surface area contributed by atoms with Gasteiger partial charge in [-0.2, -0.15) is 0 Å². The van der Waals surface area contributed by atoms with E-state index in [1.165, 1.54) is 0 Å². The first-order valence-electron chi connectivity index (χ1n) is 8.48. The molecule has 0 unspecified atom stereocenters. The summed E-state index contributed by atoms with van der Waals surface area (Å²) in [5.74, 6) is -0.251. The second-order valence-electron chi connectivity index (χ2n) is 5.73. The second-order valence-corrected chi connectivity index (χ2v) is 5.73. The number of aliphatic hydroxyl groups excluding tert-OH is 1. The average Bonchev–Trinajstić information content (AvgIpc) is 2.65. The minimum Gasteiger partial charge on any atom is -0.395 e. The fourth-order valence-corrected chi connectivity index (χ4v) is 2.51. The van der Waals surface area contributed by atoms with Gasteiger partial charge in [-0.3, -0.25) is 9.59 Å². The van der Waals surface area contributed by atoms with E-state index in [1.807, 2.05) is 30.3 Å². The van der Waals surface area contributed by atoms with Gasteiger partial charge in [-0.15, -0.1) is 0 Å². The van der Waals surface area contributed by atoms with Crippen LogP contribution in [0.5, 0.6) is 0 Å². The van der Waals surface area contributed by atoms with Crippen LogP contribution in [0.25, 0.3) is 0 Å². The molecular formula is C20H24N2O3. The number of nitrogens with one attached hydrogen (secondary N) is 1. The van der Waals surface area contributed by atoms with Gasteiger partial charge in [-0.25, -0.2) is 0 Å². The minimum atomic E-state index is -0.155. The monoisotopic (exact) mass is 340 g/mol. The molecule has 0 heterocycles. The fraction of sp³-hybridized carbons (Fsp3) is 0.300. The van der Waals surface area contributed by atoms with Crippen LogP contribution >= 0.6 is 0 Å². The van der Waals surface area contributed by atoms with Crippen LogP contribution in [-0.2, 0) is 11.2 Å². The van der Waals surface area contributed by atoms with Gasteiger partial charge in [0.15, 0.2) is 0 Å². The Morgan fingerprint density at radius 3 is 2.48 bits per heavy atom. The molecule has 2 aromatic carbocycles. The lowest BCUT2D eigenvalue weighted by Gasteiger charge is -2.22. The van der Waals surface area contributed by atoms with Crippen molar-refractivity contribution < 1.29 is 14.7 Å². The number of rotatable bonds is 8. The maximum absolute atomic E-state index is 12.8. The Bertz CT molecular complexity index is 701. The molecule has 0 aliphatic carbocycles. The highest BCUT2D eigenvalue weighted by Gasteiger charge is 2.16. The molecule has 0 aromatic heterocycles. The van der Waals surface area contributed by atoms with Gasteiger partial charge >= 0.3 is 0 Å². The molecule has 0 spiro atoms. The number of amides is 2. The van der Waals surface area contributed by atoms with Crippen molar-refractivity contribution in [2.45, 2.75) is 19.8 Å². The Labute approximate surface area is 148 Å². The summed E-state index contributed by atoms with van der Waals surface area (Å²) in [4.78, 5) is 25.9. The summed E-state index contributed by atoms with van der Waals surface area (Å²) in [7, 11) is 0. The molecule has 2 N–H and O–H groups in total. The summed E-state index contributed by atoms with van der Waals surface area (Å²) in [5.41, 5.74) is 2.24. The molecule has 132 valence electrons. The van der Waals surface area contributed by atoms with Crippen molar-refractivity contribution in [3.63, 3.8) is 0 Å². The van der Waals surface area contributed by atoms with Crippen molar-refractivity contribution in [2.24, 2.45) is 0 Å². The molecule has 0 atom stereocenters. The lowest BCUT2D eigenvalue weighted by molar-refractivity contribution is -0.115. The van der Waals surface area contributed by atoms with Crippen molar-refractivity contribution in [1.29, 1.82) is 0 Å². The number of nitrogens with zero attached hydrogens (tertiary/aromatic N) is 1. The van der Waals surface area contributed by atoms with Gasteiger partial charge in [0.25, 0.3) is 5.91 Å². The molecule has 0 aliphatic rings. The number of aliphatic hydroxyl groups is 1. The largest absolute Gasteiger partial charge is 0.395 e. The van der Waals surface area contributed by atoms with Crippen LogP contribution in [-0.4, -0.2) is 41.5 Å². The van der Waals surface area contributed by atoms with E-state index in [9.17, 15) is 14.7 Å². The zero-order chi connectivity index (χ0) is 18.1. The summed E-state index contributed by atoms with van der Waals surface area (Å²) in [6, 6.07) is 16.8. The summed E-state index contributed by atoms with van der Waals surface area (Å²) in [6.07, 6.45) is 1.10. The zero-order valence-electron chi connectivity index (χ0n) is 14.4. The fourth-order valence-electron chi connectivity index (χ4n) is 2.51. The van der Waals surface area contributed by atoms with Gasteiger partial charge in [0.2, 0.25) is 5.91 Å². The SMILES string of the molecule is CCC(=O)Nc1cccc(C(=O)N(CCO)CCc2ccccc2)c1. The lowest BCUT2D eigenvalue weighted by Crippen LogP contribution is -2.35. The van der Waals surface area contributed by atoms with Gasteiger partial charge in [-0.1, -0.05) is 43.3 Å². The topological polar surface area (TPSA) is 69.6 Å². The molecule has 2 amide bonds. The van der Waals surface area contributed by atoms with Crippen molar-refractivity contribution in [3.8, 4) is 0 Å². The number of anilines is 1. The predicted octanol–water partition coefficient (Wildman–Crippen LogP) is 2.71. The predicted molar refractivity (Wildman–Crippen MR) is 98.5 cm³/mol. The molecule has 0 radical (unpaired) electrons. The summed E-state index contributed by atoms with van der Waals surface area (Å²) >= 11 is 0. The Morgan fingerprint density at radius 2 is 1.80 bits per heavy atom. The van der Waals surface area contributed by atoms with Crippen LogP contribution in [0.4, 0.5) is 5.69 Å². The second kappa shape index (κ2) is 9.59. The summed E-state index contributed by atoms with van der Waals surface area (Å²) in [6.45, 7) is 2.48. The summed E-state index contributed by atoms with van der Waals surface area (Å²) < 4.78 is 0. The van der Waals surface area contributed by atoms with E-state index < -0.39 is 0 Å². The third-order valence-corrected chi connectivity index (χ3v) is 3.88. The Hall–Kier alpha value is -2.66. The maximum Gasteiger partial charge on any atom is 0.254 e. The zero-order valence-corrected chi connectivity index (χ0v) is 14.4. The first-order chi connectivity index (χ1) is 12.1. The Balaban J connectivity index is 2.08. The third-order valence-electron chi connectivity index (χ3n) is 3.88. The highest BCUT2D eigenvalue weighted by Crippen LogP contribution is 2.14. The van der Waals surface area contributed by atoms with Gasteiger partial charge in [0, 0.05) is 30.8 Å². The molecule has 5 nitrogen and oxygen atoms in total. The molecule has 5 heteroatoms. The van der Waals surface area contributed by atoms with Gasteiger partial charge in [0.1, 0.15) is 0 Å². The Morgan fingerprint density at radius 1 is 1.04 bits per heavy atom. The molecule has 0 fully saturated rings. The van der Waals surface area contributed by atoms with E-state index in [4.69, 9.17) is 0 Å². The first-order valence-corrected chi connectivity index (χ1v) is 8.48. The molecule has 25 heavy (non-hydrogen) atoms. The van der Waals surface area contributed by atoms with E-state index in [0.717, 1.165) is 12.0 Å². The van der Waals surface area contributed by atoms with Gasteiger partial charge < -0.3 is 15.3 Å². The number of carbonyl (C=O) groups is 2. The minimum absolute atomic E-state index is 0.0905. The van der Waals surface area contributed by atoms with Crippen LogP contribution in [0.3, 0.4) is 0 Å². The van der Waals surface area contributed by atoms with Crippen LogP contribution in [0.1, 0.15) is 29.3 Å². The highest BCUT2D eigenvalue weighted by atomic mass is 16.3. The van der Waals surface area contributed by atoms with Crippen LogP contribution in [0.15, 0.2) is 54.6 Å². The quantitative estimate of drug-likeness (QED) is 0.776. The Kier molecular flexibility index (Phi) is 7.16. The highest BCUT2D eigenvalue weighted by molar-refractivity contribution is 5.97. The van der Waals surface area contributed by atoms with E-state index in [-0.39, 0.29) is 25.0 Å². The smallest absolute Gasteiger partial charge is 0.254 e. The third kappa shape index (κ3) is 5.72. The standard InChI is InChI=1S/C20H24N2O3/c1-2-19(24)21-18-10-6-9-17(15-18)20(25)22(13-14-23)12-11-16-7-4-3-5-8-16/h3-10,15,23H,2,11-14H2,1H3,(H,21,24). The number of hydrogen-bond donors (Lipinski definition) is 2. The number of hydrogen-bond acceptors (Lipinski definition) is 3. The molecule has 0 saturated heterocycles. The maximum atomic E-state index is 12.8. The van der Waals surface area contributed by atoms with E-state index in [2.05, 4.69) is 5.32 Å². The molecule has 2 aromatic rings. The summed E-state index contributed by atoms with van der Waals surface area (Å²) in [5, 5.41) is 12.0. The molecule has 0 aliphatic heterocycles. The first kappa shape index (κ1) is 18.7. The average molecular weight is 340 g/mol. The van der Waals surface area contributed by atoms with Crippen molar-refractivity contribution in [2.75, 3.05) is 25.0 Å². The van der Waals surface area contributed by atoms with Crippen molar-refractivity contribution in [3.05, 3.63) is 65.7 Å². The molecular weight excluding hydrogens is 316 g/mol. The van der Waals surface area contributed by atoms with E-state index >= 15 is 0 Å². The van der Waals surface area contributed by atoms with Gasteiger partial charge in [0.05, 0.1) is 6.61 Å². The molecule has 2 rings (SSSR count). The molecule has 0 saturated carbocycles. The van der Waals surface area contributed by atoms with Gasteiger partial charge in [-0.05, 0) is 30.2 Å². The lowest BCUT2D eigenvalue weighted by atomic mass is 10.1. The van der Waals surface area contributed by atoms with Crippen LogP contribution in [0, 0.1) is 0 Å². The van der Waals surface area contributed by atoms with E-state index in [1.54, 1.807) is 36.1 Å².